The zero-order chi connectivity index (χ0) is 10.4. The summed E-state index contributed by atoms with van der Waals surface area (Å²) in [7, 11) is 0. The normalized spacial score (nSPS) is 9.64. The number of nitro groups is 1. The second-order valence-corrected chi connectivity index (χ2v) is 2.41. The lowest BCUT2D eigenvalue weighted by atomic mass is 10.3. The molecular formula is C9H7N3O2. The zero-order valence-electron chi connectivity index (χ0n) is 7.18. The van der Waals surface area contributed by atoms with Gasteiger partial charge in [0.25, 0.3) is 5.69 Å². The van der Waals surface area contributed by atoms with Gasteiger partial charge < -0.3 is 5.32 Å². The first-order chi connectivity index (χ1) is 6.74. The average molecular weight is 189 g/mol. The van der Waals surface area contributed by atoms with Crippen molar-refractivity contribution in [3.8, 4) is 6.07 Å². The number of hydrogen-bond donors (Lipinski definition) is 1. The van der Waals surface area contributed by atoms with Gasteiger partial charge in [-0.15, -0.1) is 0 Å². The molecule has 0 aliphatic rings. The van der Waals surface area contributed by atoms with Crippen LogP contribution in [0, 0.1) is 21.4 Å². The highest BCUT2D eigenvalue weighted by Gasteiger charge is 2.03. The van der Waals surface area contributed by atoms with Crippen LogP contribution in [0.1, 0.15) is 0 Å². The van der Waals surface area contributed by atoms with Gasteiger partial charge in [0.05, 0.1) is 11.0 Å². The maximum absolute atomic E-state index is 10.4. The standard InChI is InChI=1S/C9H7N3O2/c10-5-2-6-11-8-3-1-4-9(7-8)12(13)14/h1-4,6-7,11H/b6-2+. The van der Waals surface area contributed by atoms with E-state index in [4.69, 9.17) is 5.26 Å². The molecule has 0 radical (unpaired) electrons. The van der Waals surface area contributed by atoms with Crippen molar-refractivity contribution in [3.63, 3.8) is 0 Å². The van der Waals surface area contributed by atoms with Gasteiger partial charge in [0.15, 0.2) is 0 Å². The highest BCUT2D eigenvalue weighted by atomic mass is 16.6. The van der Waals surface area contributed by atoms with Gasteiger partial charge in [0.1, 0.15) is 0 Å². The number of nitrogens with one attached hydrogen (secondary N) is 1. The first-order valence-corrected chi connectivity index (χ1v) is 3.79. The van der Waals surface area contributed by atoms with Crippen LogP contribution in [0.5, 0.6) is 0 Å². The van der Waals surface area contributed by atoms with Crippen molar-refractivity contribution >= 4 is 11.4 Å². The number of anilines is 1. The number of hydrogen-bond acceptors (Lipinski definition) is 4. The van der Waals surface area contributed by atoms with Crippen molar-refractivity contribution in [2.75, 3.05) is 5.32 Å². The third-order valence-electron chi connectivity index (χ3n) is 1.46. The molecule has 0 spiro atoms. The molecule has 0 amide bonds. The largest absolute Gasteiger partial charge is 0.361 e. The monoisotopic (exact) mass is 189 g/mol. The summed E-state index contributed by atoms with van der Waals surface area (Å²) in [5.41, 5.74) is 0.589. The van der Waals surface area contributed by atoms with Crippen LogP contribution in [0.25, 0.3) is 0 Å². The maximum atomic E-state index is 10.4. The van der Waals surface area contributed by atoms with Crippen molar-refractivity contribution in [3.05, 3.63) is 46.7 Å². The van der Waals surface area contributed by atoms with Gasteiger partial charge in [-0.1, -0.05) is 6.07 Å². The van der Waals surface area contributed by atoms with Gasteiger partial charge in [-0.25, -0.2) is 0 Å². The molecular weight excluding hydrogens is 182 g/mol. The van der Waals surface area contributed by atoms with E-state index >= 15 is 0 Å². The third kappa shape index (κ3) is 2.60. The summed E-state index contributed by atoms with van der Waals surface area (Å²) in [6.45, 7) is 0. The molecule has 0 aromatic heterocycles. The van der Waals surface area contributed by atoms with Crippen molar-refractivity contribution in [2.45, 2.75) is 0 Å². The van der Waals surface area contributed by atoms with Crippen molar-refractivity contribution in [1.29, 1.82) is 5.26 Å². The molecule has 5 nitrogen and oxygen atoms in total. The fourth-order valence-electron chi connectivity index (χ4n) is 0.884. The number of nitriles is 1. The molecule has 0 aliphatic carbocycles. The number of benzene rings is 1. The molecule has 1 rings (SSSR count). The van der Waals surface area contributed by atoms with Gasteiger partial charge in [0, 0.05) is 30.1 Å². The lowest BCUT2D eigenvalue weighted by Crippen LogP contribution is -1.90. The van der Waals surface area contributed by atoms with Crippen LogP contribution in [0.3, 0.4) is 0 Å². The molecule has 0 saturated heterocycles. The molecule has 70 valence electrons. The topological polar surface area (TPSA) is 79.0 Å². The molecule has 0 unspecified atom stereocenters. The van der Waals surface area contributed by atoms with E-state index in [-0.39, 0.29) is 5.69 Å². The van der Waals surface area contributed by atoms with E-state index < -0.39 is 4.92 Å². The van der Waals surface area contributed by atoms with E-state index in [0.717, 1.165) is 0 Å². The fraction of sp³-hybridized carbons (Fsp3) is 0. The van der Waals surface area contributed by atoms with Crippen LogP contribution in [0.15, 0.2) is 36.5 Å². The summed E-state index contributed by atoms with van der Waals surface area (Å²) in [6.07, 6.45) is 2.66. The molecule has 1 aromatic rings. The second kappa shape index (κ2) is 4.62. The van der Waals surface area contributed by atoms with Crippen LogP contribution in [-0.2, 0) is 0 Å². The Morgan fingerprint density at radius 3 is 3.00 bits per heavy atom. The van der Waals surface area contributed by atoms with Gasteiger partial charge in [-0.05, 0) is 6.07 Å². The Kier molecular flexibility index (Phi) is 3.21. The number of nitro benzene ring substituents is 1. The summed E-state index contributed by atoms with van der Waals surface area (Å²) in [4.78, 5) is 9.92. The quantitative estimate of drug-likeness (QED) is 0.448. The zero-order valence-corrected chi connectivity index (χ0v) is 7.18. The van der Waals surface area contributed by atoms with E-state index in [1.807, 2.05) is 0 Å². The Balaban J connectivity index is 2.79. The minimum atomic E-state index is -0.473. The van der Waals surface area contributed by atoms with Crippen LogP contribution in [0.4, 0.5) is 11.4 Å². The second-order valence-electron chi connectivity index (χ2n) is 2.41. The van der Waals surface area contributed by atoms with Crippen LogP contribution < -0.4 is 5.32 Å². The molecule has 0 fully saturated rings. The number of rotatable bonds is 3. The smallest absolute Gasteiger partial charge is 0.271 e. The lowest BCUT2D eigenvalue weighted by molar-refractivity contribution is -0.384. The first kappa shape index (κ1) is 9.74. The molecule has 14 heavy (non-hydrogen) atoms. The summed E-state index contributed by atoms with van der Waals surface area (Å²) in [5.74, 6) is 0. The number of nitrogens with zero attached hydrogens (tertiary/aromatic N) is 2. The van der Waals surface area contributed by atoms with Crippen LogP contribution >= 0.6 is 0 Å². The lowest BCUT2D eigenvalue weighted by Gasteiger charge is -1.98. The van der Waals surface area contributed by atoms with E-state index in [1.54, 1.807) is 18.2 Å². The Hall–Kier alpha value is -2.35. The Labute approximate surface area is 80.4 Å². The van der Waals surface area contributed by atoms with Gasteiger partial charge in [-0.3, -0.25) is 10.1 Å². The Morgan fingerprint density at radius 1 is 1.57 bits per heavy atom. The summed E-state index contributed by atoms with van der Waals surface area (Å²) in [5, 5.41) is 21.3. The molecule has 0 saturated carbocycles. The molecule has 0 heterocycles. The van der Waals surface area contributed by atoms with Crippen LogP contribution in [0.2, 0.25) is 0 Å². The third-order valence-corrected chi connectivity index (χ3v) is 1.46. The summed E-state index contributed by atoms with van der Waals surface area (Å²) in [6, 6.07) is 7.84. The minimum Gasteiger partial charge on any atom is -0.361 e. The minimum absolute atomic E-state index is 0.0142. The van der Waals surface area contributed by atoms with E-state index in [9.17, 15) is 10.1 Å². The maximum Gasteiger partial charge on any atom is 0.271 e. The van der Waals surface area contributed by atoms with Gasteiger partial charge in [-0.2, -0.15) is 5.26 Å². The molecule has 1 N–H and O–H groups in total. The van der Waals surface area contributed by atoms with Crippen molar-refractivity contribution in [2.24, 2.45) is 0 Å². The Morgan fingerprint density at radius 2 is 2.36 bits per heavy atom. The van der Waals surface area contributed by atoms with E-state index in [2.05, 4.69) is 5.32 Å². The first-order valence-electron chi connectivity index (χ1n) is 3.79. The van der Waals surface area contributed by atoms with Crippen molar-refractivity contribution < 1.29 is 4.92 Å². The van der Waals surface area contributed by atoms with Crippen molar-refractivity contribution in [1.82, 2.24) is 0 Å². The molecule has 0 aliphatic heterocycles. The van der Waals surface area contributed by atoms with E-state index in [1.165, 1.54) is 24.4 Å². The molecule has 0 bridgehead atoms. The number of allylic oxidation sites excluding steroid dienone is 1. The highest BCUT2D eigenvalue weighted by molar-refractivity contribution is 5.52. The number of non-ortho nitro benzene ring substituents is 1. The predicted octanol–water partition coefficient (Wildman–Crippen LogP) is 2.04. The van der Waals surface area contributed by atoms with E-state index in [0.29, 0.717) is 5.69 Å². The van der Waals surface area contributed by atoms with Gasteiger partial charge >= 0.3 is 0 Å². The molecule has 0 atom stereocenters. The molecule has 1 aromatic carbocycles. The fourth-order valence-corrected chi connectivity index (χ4v) is 0.884. The predicted molar refractivity (Wildman–Crippen MR) is 51.5 cm³/mol. The summed E-state index contributed by atoms with van der Waals surface area (Å²) < 4.78 is 0. The SMILES string of the molecule is N#C/C=C/Nc1cccc([N+](=O)[O-])c1. The Bertz CT molecular complexity index is 407. The molecule has 5 heteroatoms. The highest BCUT2D eigenvalue weighted by Crippen LogP contribution is 2.16. The van der Waals surface area contributed by atoms with Gasteiger partial charge in [0.2, 0.25) is 0 Å². The average Bonchev–Trinajstić information content (AvgIpc) is 2.19. The summed E-state index contributed by atoms with van der Waals surface area (Å²) >= 11 is 0. The van der Waals surface area contributed by atoms with Crippen LogP contribution in [-0.4, -0.2) is 4.92 Å².